The molecule has 4 nitrogen and oxygen atoms in total. The minimum absolute atomic E-state index is 0.327. The van der Waals surface area contributed by atoms with Crippen LogP contribution in [-0.2, 0) is 4.74 Å². The number of rotatable bonds is 2. The highest BCUT2D eigenvalue weighted by molar-refractivity contribution is 14.1. The zero-order chi connectivity index (χ0) is 12.0. The monoisotopic (exact) mass is 343 g/mol. The van der Waals surface area contributed by atoms with Crippen molar-refractivity contribution in [3.8, 4) is 0 Å². The summed E-state index contributed by atoms with van der Waals surface area (Å²) >= 11 is 2.04. The van der Waals surface area contributed by atoms with E-state index in [0.29, 0.717) is 15.4 Å². The summed E-state index contributed by atoms with van der Waals surface area (Å²) in [6.07, 6.45) is 2.30. The van der Waals surface area contributed by atoms with Gasteiger partial charge in [-0.25, -0.2) is 9.78 Å². The first-order chi connectivity index (χ1) is 8.19. The van der Waals surface area contributed by atoms with Gasteiger partial charge in [0.15, 0.2) is 5.58 Å². The van der Waals surface area contributed by atoms with Gasteiger partial charge in [0.1, 0.15) is 5.52 Å². The van der Waals surface area contributed by atoms with E-state index in [-0.39, 0.29) is 5.97 Å². The lowest BCUT2D eigenvalue weighted by Crippen LogP contribution is -2.02. The van der Waals surface area contributed by atoms with Crippen molar-refractivity contribution in [2.75, 3.05) is 7.11 Å². The molecule has 0 unspecified atom stereocenters. The van der Waals surface area contributed by atoms with Crippen molar-refractivity contribution in [2.24, 2.45) is 0 Å². The number of ether oxygens (including phenoxy) is 1. The molecular formula is C12H10INO3. The Hall–Kier alpha value is -1.11. The van der Waals surface area contributed by atoms with Crippen LogP contribution >= 0.6 is 22.6 Å². The molecule has 88 valence electrons. The Morgan fingerprint density at radius 2 is 2.29 bits per heavy atom. The highest BCUT2D eigenvalue weighted by atomic mass is 127. The smallest absolute Gasteiger partial charge is 0.337 e. The van der Waals surface area contributed by atoms with Crippen LogP contribution in [0.2, 0.25) is 0 Å². The van der Waals surface area contributed by atoms with E-state index in [1.807, 2.05) is 28.7 Å². The Bertz CT molecular complexity index is 601. The minimum Gasteiger partial charge on any atom is -0.465 e. The molecule has 1 aromatic heterocycles. The number of oxazole rings is 1. The zero-order valence-electron chi connectivity index (χ0n) is 9.20. The predicted molar refractivity (Wildman–Crippen MR) is 70.0 cm³/mol. The number of aromatic nitrogens is 1. The van der Waals surface area contributed by atoms with Crippen molar-refractivity contribution in [3.05, 3.63) is 27.2 Å². The van der Waals surface area contributed by atoms with Crippen LogP contribution in [0.5, 0.6) is 0 Å². The second kappa shape index (κ2) is 3.97. The molecule has 0 radical (unpaired) electrons. The van der Waals surface area contributed by atoms with Gasteiger partial charge in [-0.15, -0.1) is 0 Å². The normalized spacial score (nSPS) is 15.2. The second-order valence-corrected chi connectivity index (χ2v) is 5.07. The number of methoxy groups -OCH3 is 1. The van der Waals surface area contributed by atoms with Crippen molar-refractivity contribution >= 4 is 39.7 Å². The summed E-state index contributed by atoms with van der Waals surface area (Å²) in [5.41, 5.74) is 3.17. The molecule has 0 aliphatic heterocycles. The lowest BCUT2D eigenvalue weighted by molar-refractivity contribution is 0.0601. The van der Waals surface area contributed by atoms with Crippen LogP contribution < -0.4 is 0 Å². The summed E-state index contributed by atoms with van der Waals surface area (Å²) in [5.74, 6) is 0.178. The molecule has 0 spiro atoms. The topological polar surface area (TPSA) is 52.3 Å². The quantitative estimate of drug-likeness (QED) is 0.621. The fraction of sp³-hybridized carbons (Fsp3) is 0.333. The number of halogens is 1. The van der Waals surface area contributed by atoms with Crippen molar-refractivity contribution in [1.29, 1.82) is 0 Å². The summed E-state index contributed by atoms with van der Waals surface area (Å²) in [4.78, 5) is 15.9. The number of nitrogens with zero attached hydrogens (tertiary/aromatic N) is 1. The third-order valence-corrected chi connectivity index (χ3v) is 3.39. The van der Waals surface area contributed by atoms with Crippen molar-refractivity contribution < 1.29 is 13.9 Å². The average Bonchev–Trinajstić information content (AvgIpc) is 3.08. The van der Waals surface area contributed by atoms with Crippen molar-refractivity contribution in [1.82, 2.24) is 4.98 Å². The van der Waals surface area contributed by atoms with E-state index in [9.17, 15) is 4.79 Å². The Balaban J connectivity index is 2.22. The first-order valence-electron chi connectivity index (χ1n) is 5.37. The molecule has 1 aromatic carbocycles. The molecule has 0 N–H and O–H groups in total. The van der Waals surface area contributed by atoms with E-state index in [1.165, 1.54) is 7.11 Å². The van der Waals surface area contributed by atoms with E-state index >= 15 is 0 Å². The van der Waals surface area contributed by atoms with Gasteiger partial charge < -0.3 is 9.15 Å². The number of carbonyl (C=O) groups excluding carboxylic acids is 1. The van der Waals surface area contributed by atoms with Gasteiger partial charge in [0.2, 0.25) is 0 Å². The van der Waals surface area contributed by atoms with Crippen LogP contribution in [0.25, 0.3) is 11.1 Å². The standard InChI is InChI=1S/C12H10INO3/c1-16-11(15)7-4-8(6-2-3-6)10-9(5-7)14-12(13)17-10/h4-6H,2-3H2,1H3. The van der Waals surface area contributed by atoms with E-state index in [1.54, 1.807) is 6.07 Å². The van der Waals surface area contributed by atoms with Crippen molar-refractivity contribution in [3.63, 3.8) is 0 Å². The van der Waals surface area contributed by atoms with Gasteiger partial charge in [0, 0.05) is 28.2 Å². The van der Waals surface area contributed by atoms with Gasteiger partial charge in [-0.3, -0.25) is 0 Å². The lowest BCUT2D eigenvalue weighted by Gasteiger charge is -2.03. The maximum absolute atomic E-state index is 11.6. The van der Waals surface area contributed by atoms with Crippen LogP contribution in [0.3, 0.4) is 0 Å². The molecule has 0 amide bonds. The summed E-state index contributed by atoms with van der Waals surface area (Å²) in [7, 11) is 1.38. The maximum Gasteiger partial charge on any atom is 0.337 e. The summed E-state index contributed by atoms with van der Waals surface area (Å²) in [6, 6.07) is 3.59. The SMILES string of the molecule is COC(=O)c1cc(C2CC2)c2oc(I)nc2c1. The molecule has 1 fully saturated rings. The van der Waals surface area contributed by atoms with Gasteiger partial charge in [-0.05, 0) is 30.9 Å². The number of benzene rings is 1. The van der Waals surface area contributed by atoms with Gasteiger partial charge in [-0.1, -0.05) is 0 Å². The third kappa shape index (κ3) is 1.92. The minimum atomic E-state index is -0.327. The highest BCUT2D eigenvalue weighted by Gasteiger charge is 2.28. The number of carbonyl (C=O) groups is 1. The Morgan fingerprint density at radius 3 is 2.94 bits per heavy atom. The molecule has 1 heterocycles. The van der Waals surface area contributed by atoms with Crippen LogP contribution in [0.15, 0.2) is 16.5 Å². The first-order valence-corrected chi connectivity index (χ1v) is 6.45. The molecule has 0 atom stereocenters. The molecule has 0 saturated heterocycles. The van der Waals surface area contributed by atoms with Gasteiger partial charge >= 0.3 is 5.97 Å². The summed E-state index contributed by atoms with van der Waals surface area (Å²) in [6.45, 7) is 0. The molecule has 2 aromatic rings. The Morgan fingerprint density at radius 1 is 1.53 bits per heavy atom. The largest absolute Gasteiger partial charge is 0.465 e. The highest BCUT2D eigenvalue weighted by Crippen LogP contribution is 2.43. The summed E-state index contributed by atoms with van der Waals surface area (Å²) < 4.78 is 10.9. The van der Waals surface area contributed by atoms with Crippen LogP contribution in [0.4, 0.5) is 0 Å². The van der Waals surface area contributed by atoms with Gasteiger partial charge in [0.05, 0.1) is 12.7 Å². The van der Waals surface area contributed by atoms with Gasteiger partial charge in [-0.2, -0.15) is 0 Å². The number of fused-ring (bicyclic) bond motifs is 1. The predicted octanol–water partition coefficient (Wildman–Crippen LogP) is 3.10. The lowest BCUT2D eigenvalue weighted by atomic mass is 10.1. The van der Waals surface area contributed by atoms with E-state index in [2.05, 4.69) is 4.98 Å². The van der Waals surface area contributed by atoms with Crippen LogP contribution in [-0.4, -0.2) is 18.1 Å². The van der Waals surface area contributed by atoms with E-state index < -0.39 is 0 Å². The number of esters is 1. The molecule has 0 bridgehead atoms. The van der Waals surface area contributed by atoms with Crippen LogP contribution in [0.1, 0.15) is 34.7 Å². The fourth-order valence-corrected chi connectivity index (χ4v) is 2.44. The maximum atomic E-state index is 11.6. The van der Waals surface area contributed by atoms with E-state index in [0.717, 1.165) is 29.5 Å². The first kappa shape index (κ1) is 11.0. The molecule has 1 aliphatic rings. The molecule has 1 aliphatic carbocycles. The Kier molecular flexibility index (Phi) is 2.57. The molecule has 5 heteroatoms. The zero-order valence-corrected chi connectivity index (χ0v) is 11.4. The number of hydrogen-bond donors (Lipinski definition) is 0. The summed E-state index contributed by atoms with van der Waals surface area (Å²) in [5, 5.41) is 0. The Labute approximate surface area is 111 Å². The molecule has 3 rings (SSSR count). The van der Waals surface area contributed by atoms with E-state index in [4.69, 9.17) is 9.15 Å². The third-order valence-electron chi connectivity index (χ3n) is 2.93. The van der Waals surface area contributed by atoms with Gasteiger partial charge in [0.25, 0.3) is 3.90 Å². The second-order valence-electron chi connectivity index (χ2n) is 4.15. The van der Waals surface area contributed by atoms with Crippen LogP contribution in [0, 0.1) is 3.90 Å². The molecule has 1 saturated carbocycles. The molecular weight excluding hydrogens is 333 g/mol. The average molecular weight is 343 g/mol. The van der Waals surface area contributed by atoms with Crippen molar-refractivity contribution in [2.45, 2.75) is 18.8 Å². The molecule has 17 heavy (non-hydrogen) atoms. The fourth-order valence-electron chi connectivity index (χ4n) is 1.96. The number of hydrogen-bond acceptors (Lipinski definition) is 4.